The summed E-state index contributed by atoms with van der Waals surface area (Å²) in [5, 5.41) is 2.82. The zero-order valence-electron chi connectivity index (χ0n) is 16.2. The number of anilines is 1. The van der Waals surface area contributed by atoms with Crippen LogP contribution in [0, 0.1) is 19.7 Å². The molecule has 2 aromatic rings. The molecule has 0 aliphatic rings. The van der Waals surface area contributed by atoms with Gasteiger partial charge in [0, 0.05) is 0 Å². The third-order valence-electron chi connectivity index (χ3n) is 4.57. The van der Waals surface area contributed by atoms with E-state index in [4.69, 9.17) is 0 Å². The Morgan fingerprint density at radius 1 is 1.07 bits per heavy atom. The van der Waals surface area contributed by atoms with E-state index in [1.807, 2.05) is 39.0 Å². The predicted molar refractivity (Wildman–Crippen MR) is 106 cm³/mol. The zero-order valence-corrected chi connectivity index (χ0v) is 17.0. The molecule has 5 nitrogen and oxygen atoms in total. The van der Waals surface area contributed by atoms with E-state index in [0.717, 1.165) is 33.3 Å². The lowest BCUT2D eigenvalue weighted by Gasteiger charge is -2.29. The van der Waals surface area contributed by atoms with Gasteiger partial charge in [0.1, 0.15) is 11.9 Å². The molecule has 0 spiro atoms. The standard InChI is InChI=1S/C20H25FN2O3S/c1-13-10-11-17(12-14(13)2)15(3)22-20(24)16(4)23(27(5,25)26)19-9-7-6-8-18(19)21/h6-12,15-16H,1-5H3,(H,22,24)/t15-,16+/m0/s1. The summed E-state index contributed by atoms with van der Waals surface area (Å²) in [6.07, 6.45) is 0.954. The van der Waals surface area contributed by atoms with Gasteiger partial charge < -0.3 is 5.32 Å². The number of carbonyl (C=O) groups excluding carboxylic acids is 1. The van der Waals surface area contributed by atoms with E-state index in [0.29, 0.717) is 0 Å². The normalized spacial score (nSPS) is 13.7. The number of aryl methyl sites for hydroxylation is 2. The molecule has 0 aliphatic heterocycles. The maximum Gasteiger partial charge on any atom is 0.244 e. The van der Waals surface area contributed by atoms with E-state index < -0.39 is 27.8 Å². The predicted octanol–water partition coefficient (Wildman–Crippen LogP) is 3.47. The van der Waals surface area contributed by atoms with Crippen molar-refractivity contribution in [3.05, 3.63) is 65.0 Å². The van der Waals surface area contributed by atoms with E-state index in [1.165, 1.54) is 25.1 Å². The van der Waals surface area contributed by atoms with Gasteiger partial charge in [0.2, 0.25) is 15.9 Å². The Hall–Kier alpha value is -2.41. The number of halogens is 1. The first-order valence-electron chi connectivity index (χ1n) is 8.64. The van der Waals surface area contributed by atoms with E-state index in [2.05, 4.69) is 5.32 Å². The third-order valence-corrected chi connectivity index (χ3v) is 5.80. The summed E-state index contributed by atoms with van der Waals surface area (Å²) in [6, 6.07) is 9.94. The second-order valence-electron chi connectivity index (χ2n) is 6.76. The van der Waals surface area contributed by atoms with Crippen LogP contribution in [0.15, 0.2) is 42.5 Å². The number of hydrogen-bond acceptors (Lipinski definition) is 3. The number of para-hydroxylation sites is 1. The number of nitrogens with zero attached hydrogens (tertiary/aromatic N) is 1. The highest BCUT2D eigenvalue weighted by Crippen LogP contribution is 2.24. The van der Waals surface area contributed by atoms with Crippen molar-refractivity contribution in [2.75, 3.05) is 10.6 Å². The smallest absolute Gasteiger partial charge is 0.244 e. The Labute approximate surface area is 160 Å². The molecule has 2 aromatic carbocycles. The van der Waals surface area contributed by atoms with Gasteiger partial charge in [-0.2, -0.15) is 0 Å². The van der Waals surface area contributed by atoms with Gasteiger partial charge in [-0.15, -0.1) is 0 Å². The van der Waals surface area contributed by atoms with Gasteiger partial charge >= 0.3 is 0 Å². The van der Waals surface area contributed by atoms with Crippen LogP contribution in [0.5, 0.6) is 0 Å². The summed E-state index contributed by atoms with van der Waals surface area (Å²) in [4.78, 5) is 12.7. The van der Waals surface area contributed by atoms with Gasteiger partial charge in [-0.3, -0.25) is 9.10 Å². The first-order valence-corrected chi connectivity index (χ1v) is 10.5. The van der Waals surface area contributed by atoms with Crippen LogP contribution in [0.2, 0.25) is 0 Å². The van der Waals surface area contributed by atoms with Crippen molar-refractivity contribution in [2.45, 2.75) is 39.8 Å². The zero-order chi connectivity index (χ0) is 20.4. The molecule has 0 fully saturated rings. The van der Waals surface area contributed by atoms with Gasteiger partial charge in [-0.25, -0.2) is 12.8 Å². The number of benzene rings is 2. The molecule has 27 heavy (non-hydrogen) atoms. The molecule has 0 radical (unpaired) electrons. The molecule has 1 amide bonds. The van der Waals surface area contributed by atoms with Crippen LogP contribution >= 0.6 is 0 Å². The molecule has 7 heteroatoms. The molecular weight excluding hydrogens is 367 g/mol. The van der Waals surface area contributed by atoms with Crippen LogP contribution in [0.1, 0.15) is 36.6 Å². The lowest BCUT2D eigenvalue weighted by molar-refractivity contribution is -0.122. The van der Waals surface area contributed by atoms with E-state index in [9.17, 15) is 17.6 Å². The Bertz CT molecular complexity index is 944. The largest absolute Gasteiger partial charge is 0.348 e. The minimum absolute atomic E-state index is 0.151. The molecule has 1 N–H and O–H groups in total. The monoisotopic (exact) mass is 392 g/mol. The Morgan fingerprint density at radius 3 is 2.26 bits per heavy atom. The highest BCUT2D eigenvalue weighted by molar-refractivity contribution is 7.92. The van der Waals surface area contributed by atoms with Gasteiger partial charge in [-0.05, 0) is 56.5 Å². The lowest BCUT2D eigenvalue weighted by atomic mass is 10.0. The number of sulfonamides is 1. The van der Waals surface area contributed by atoms with E-state index in [-0.39, 0.29) is 11.7 Å². The average Bonchev–Trinajstić information content (AvgIpc) is 2.57. The van der Waals surface area contributed by atoms with Crippen molar-refractivity contribution < 1.29 is 17.6 Å². The van der Waals surface area contributed by atoms with Crippen LogP contribution in [0.3, 0.4) is 0 Å². The third kappa shape index (κ3) is 4.86. The molecule has 0 saturated heterocycles. The summed E-state index contributed by atoms with van der Waals surface area (Å²) in [6.45, 7) is 7.25. The van der Waals surface area contributed by atoms with E-state index in [1.54, 1.807) is 0 Å². The van der Waals surface area contributed by atoms with Crippen molar-refractivity contribution in [1.82, 2.24) is 5.32 Å². The van der Waals surface area contributed by atoms with Gasteiger partial charge in [0.25, 0.3) is 0 Å². The van der Waals surface area contributed by atoms with Crippen LogP contribution in [-0.4, -0.2) is 26.6 Å². The first-order chi connectivity index (χ1) is 12.5. The summed E-state index contributed by atoms with van der Waals surface area (Å²) < 4.78 is 39.5. The number of amides is 1. The molecule has 0 aliphatic carbocycles. The van der Waals surface area contributed by atoms with Crippen LogP contribution < -0.4 is 9.62 Å². The molecule has 2 rings (SSSR count). The fourth-order valence-electron chi connectivity index (χ4n) is 2.86. The molecule has 0 unspecified atom stereocenters. The second-order valence-corrected chi connectivity index (χ2v) is 8.62. The summed E-state index contributed by atoms with van der Waals surface area (Å²) in [5.41, 5.74) is 3.01. The fourth-order valence-corrected chi connectivity index (χ4v) is 4.04. The molecular formula is C20H25FN2O3S. The molecule has 0 saturated carbocycles. The van der Waals surface area contributed by atoms with E-state index >= 15 is 0 Å². The summed E-state index contributed by atoms with van der Waals surface area (Å²) in [5.74, 6) is -1.21. The Kier molecular flexibility index (Phi) is 6.26. The molecule has 2 atom stereocenters. The number of hydrogen-bond donors (Lipinski definition) is 1. The minimum Gasteiger partial charge on any atom is -0.348 e. The topological polar surface area (TPSA) is 66.5 Å². The lowest BCUT2D eigenvalue weighted by Crippen LogP contribution is -2.48. The van der Waals surface area contributed by atoms with Crippen molar-refractivity contribution in [1.29, 1.82) is 0 Å². The summed E-state index contributed by atoms with van der Waals surface area (Å²) in [7, 11) is -3.86. The Morgan fingerprint density at radius 2 is 1.70 bits per heavy atom. The quantitative estimate of drug-likeness (QED) is 0.819. The van der Waals surface area contributed by atoms with Crippen molar-refractivity contribution in [3.63, 3.8) is 0 Å². The average molecular weight is 392 g/mol. The minimum atomic E-state index is -3.86. The molecule has 0 aromatic heterocycles. The Balaban J connectivity index is 2.27. The molecule has 0 bridgehead atoms. The van der Waals surface area contributed by atoms with Crippen molar-refractivity contribution >= 4 is 21.6 Å². The maximum atomic E-state index is 14.2. The van der Waals surface area contributed by atoms with Gasteiger partial charge in [-0.1, -0.05) is 30.3 Å². The molecule has 0 heterocycles. The summed E-state index contributed by atoms with van der Waals surface area (Å²) >= 11 is 0. The number of nitrogens with one attached hydrogen (secondary N) is 1. The van der Waals surface area contributed by atoms with Crippen molar-refractivity contribution in [2.24, 2.45) is 0 Å². The fraction of sp³-hybridized carbons (Fsp3) is 0.350. The van der Waals surface area contributed by atoms with Crippen molar-refractivity contribution in [3.8, 4) is 0 Å². The van der Waals surface area contributed by atoms with Crippen LogP contribution in [0.4, 0.5) is 10.1 Å². The second kappa shape index (κ2) is 8.08. The first kappa shape index (κ1) is 20.9. The van der Waals surface area contributed by atoms with Gasteiger partial charge in [0.05, 0.1) is 18.0 Å². The van der Waals surface area contributed by atoms with Gasteiger partial charge in [0.15, 0.2) is 0 Å². The number of carbonyl (C=O) groups is 1. The SMILES string of the molecule is Cc1ccc([C@H](C)NC(=O)[C@@H](C)N(c2ccccc2F)S(C)(=O)=O)cc1C. The maximum absolute atomic E-state index is 14.2. The highest BCUT2D eigenvalue weighted by Gasteiger charge is 2.31. The number of rotatable bonds is 6. The molecule has 146 valence electrons. The van der Waals surface area contributed by atoms with Crippen LogP contribution in [0.25, 0.3) is 0 Å². The van der Waals surface area contributed by atoms with Crippen LogP contribution in [-0.2, 0) is 14.8 Å². The highest BCUT2D eigenvalue weighted by atomic mass is 32.2.